The van der Waals surface area contributed by atoms with E-state index in [1.807, 2.05) is 19.2 Å². The SMILES string of the molecule is CN1CC=C(c2c(O)cc(O)c3c(=O)cc(-c4ccc(Sc5ncccn5)cc4Cl)oc23)CC1. The van der Waals surface area contributed by atoms with Crippen molar-refractivity contribution in [2.75, 3.05) is 20.1 Å². The molecule has 0 radical (unpaired) electrons. The molecule has 4 aromatic rings. The fraction of sp³-hybridized carbons (Fsp3) is 0.160. The second-order valence-electron chi connectivity index (χ2n) is 7.99. The van der Waals surface area contributed by atoms with Crippen molar-refractivity contribution in [3.8, 4) is 22.8 Å². The number of rotatable bonds is 4. The monoisotopic (exact) mass is 493 g/mol. The van der Waals surface area contributed by atoms with Gasteiger partial charge in [0, 0.05) is 48.1 Å². The number of hydrogen-bond donors (Lipinski definition) is 2. The average molecular weight is 494 g/mol. The Balaban J connectivity index is 1.62. The van der Waals surface area contributed by atoms with Crippen LogP contribution in [0.3, 0.4) is 0 Å². The Kier molecular flexibility index (Phi) is 6.03. The van der Waals surface area contributed by atoms with E-state index >= 15 is 0 Å². The van der Waals surface area contributed by atoms with Crippen LogP contribution in [-0.4, -0.2) is 45.2 Å². The van der Waals surface area contributed by atoms with E-state index in [1.54, 1.807) is 30.6 Å². The maximum atomic E-state index is 13.0. The molecule has 0 unspecified atom stereocenters. The summed E-state index contributed by atoms with van der Waals surface area (Å²) in [6.45, 7) is 1.50. The molecule has 0 saturated carbocycles. The van der Waals surface area contributed by atoms with Crippen LogP contribution < -0.4 is 5.43 Å². The van der Waals surface area contributed by atoms with Crippen LogP contribution in [0.15, 0.2) is 74.1 Å². The second-order valence-corrected chi connectivity index (χ2v) is 9.43. The lowest BCUT2D eigenvalue weighted by atomic mass is 9.96. The van der Waals surface area contributed by atoms with Crippen molar-refractivity contribution in [3.63, 3.8) is 0 Å². The Hall–Kier alpha value is -3.33. The molecule has 0 bridgehead atoms. The first-order chi connectivity index (χ1) is 16.4. The standard InChI is InChI=1S/C25H20ClN3O4S/c1-29-9-5-14(6-10-29)22-18(30)12-19(31)23-20(32)13-21(33-24(22)23)16-4-3-15(11-17(16)26)34-25-27-7-2-8-28-25/h2-5,7-8,11-13,30-31H,6,9-10H2,1H3. The van der Waals surface area contributed by atoms with Gasteiger partial charge in [-0.3, -0.25) is 4.79 Å². The van der Waals surface area contributed by atoms with E-state index < -0.39 is 5.43 Å². The summed E-state index contributed by atoms with van der Waals surface area (Å²) in [6, 6.07) is 9.59. The molecule has 0 amide bonds. The summed E-state index contributed by atoms with van der Waals surface area (Å²) in [5.74, 6) is -0.220. The molecule has 5 rings (SSSR count). The highest BCUT2D eigenvalue weighted by Gasteiger charge is 2.23. The Bertz CT molecular complexity index is 1490. The molecule has 2 N–H and O–H groups in total. The zero-order chi connectivity index (χ0) is 23.8. The van der Waals surface area contributed by atoms with E-state index in [-0.39, 0.29) is 28.2 Å². The molecular weight excluding hydrogens is 474 g/mol. The fourth-order valence-electron chi connectivity index (χ4n) is 3.95. The molecule has 0 aliphatic carbocycles. The Morgan fingerprint density at radius 3 is 2.62 bits per heavy atom. The highest BCUT2D eigenvalue weighted by molar-refractivity contribution is 7.99. The maximum Gasteiger partial charge on any atom is 0.197 e. The normalized spacial score (nSPS) is 14.4. The predicted octanol–water partition coefficient (Wildman–Crippen LogP) is 5.18. The molecule has 2 aromatic carbocycles. The molecule has 0 fully saturated rings. The lowest BCUT2D eigenvalue weighted by molar-refractivity contribution is 0.369. The van der Waals surface area contributed by atoms with Crippen LogP contribution in [0, 0.1) is 0 Å². The molecule has 34 heavy (non-hydrogen) atoms. The quantitative estimate of drug-likeness (QED) is 0.375. The molecule has 1 aliphatic heterocycles. The molecule has 9 heteroatoms. The van der Waals surface area contributed by atoms with Gasteiger partial charge in [0.15, 0.2) is 16.2 Å². The Labute approximate surface area is 204 Å². The van der Waals surface area contributed by atoms with Crippen LogP contribution in [0.25, 0.3) is 27.9 Å². The van der Waals surface area contributed by atoms with E-state index in [1.165, 1.54) is 23.9 Å². The van der Waals surface area contributed by atoms with Crippen molar-refractivity contribution in [2.45, 2.75) is 16.5 Å². The summed E-state index contributed by atoms with van der Waals surface area (Å²) in [7, 11) is 2.01. The van der Waals surface area contributed by atoms with Crippen molar-refractivity contribution >= 4 is 39.9 Å². The zero-order valence-electron chi connectivity index (χ0n) is 18.2. The van der Waals surface area contributed by atoms with Crippen molar-refractivity contribution in [1.82, 2.24) is 14.9 Å². The molecule has 2 aromatic heterocycles. The van der Waals surface area contributed by atoms with Gasteiger partial charge in [0.05, 0.1) is 10.6 Å². The largest absolute Gasteiger partial charge is 0.507 e. The summed E-state index contributed by atoms with van der Waals surface area (Å²) in [4.78, 5) is 24.4. The van der Waals surface area contributed by atoms with Crippen LogP contribution in [0.5, 0.6) is 11.5 Å². The number of aromatic nitrogens is 2. The average Bonchev–Trinajstić information content (AvgIpc) is 2.80. The number of likely N-dealkylation sites (N-methyl/N-ethyl adjacent to an activating group) is 1. The number of nitrogens with zero attached hydrogens (tertiary/aromatic N) is 3. The number of aromatic hydroxyl groups is 2. The number of benzene rings is 2. The number of fused-ring (bicyclic) bond motifs is 1. The van der Waals surface area contributed by atoms with E-state index in [9.17, 15) is 15.0 Å². The zero-order valence-corrected chi connectivity index (χ0v) is 19.7. The smallest absolute Gasteiger partial charge is 0.197 e. The van der Waals surface area contributed by atoms with Crippen molar-refractivity contribution in [2.24, 2.45) is 0 Å². The number of phenols is 2. The van der Waals surface area contributed by atoms with E-state index in [2.05, 4.69) is 14.9 Å². The van der Waals surface area contributed by atoms with Crippen LogP contribution in [0.4, 0.5) is 0 Å². The second kappa shape index (κ2) is 9.13. The van der Waals surface area contributed by atoms with Gasteiger partial charge in [0.2, 0.25) is 0 Å². The Morgan fingerprint density at radius 2 is 1.91 bits per heavy atom. The third kappa shape index (κ3) is 4.27. The molecule has 0 atom stereocenters. The van der Waals surface area contributed by atoms with Crippen LogP contribution in [0.1, 0.15) is 12.0 Å². The van der Waals surface area contributed by atoms with Crippen LogP contribution >= 0.6 is 23.4 Å². The maximum absolute atomic E-state index is 13.0. The third-order valence-corrected chi connectivity index (χ3v) is 6.85. The van der Waals surface area contributed by atoms with E-state index in [4.69, 9.17) is 16.0 Å². The minimum absolute atomic E-state index is 0.0286. The first kappa shape index (κ1) is 22.5. The molecule has 1 aliphatic rings. The van der Waals surface area contributed by atoms with Crippen molar-refractivity contribution < 1.29 is 14.6 Å². The minimum Gasteiger partial charge on any atom is -0.507 e. The first-order valence-corrected chi connectivity index (χ1v) is 11.8. The molecule has 0 saturated heterocycles. The van der Waals surface area contributed by atoms with Gasteiger partial charge in [0.25, 0.3) is 0 Å². The Morgan fingerprint density at radius 1 is 1.12 bits per heavy atom. The lowest BCUT2D eigenvalue weighted by Gasteiger charge is -2.23. The van der Waals surface area contributed by atoms with Crippen molar-refractivity contribution in [3.05, 3.63) is 75.7 Å². The van der Waals surface area contributed by atoms with Gasteiger partial charge < -0.3 is 19.5 Å². The summed E-state index contributed by atoms with van der Waals surface area (Å²) in [6.07, 6.45) is 5.99. The van der Waals surface area contributed by atoms with Crippen LogP contribution in [-0.2, 0) is 0 Å². The topological polar surface area (TPSA) is 99.7 Å². The van der Waals surface area contributed by atoms with Gasteiger partial charge in [-0.25, -0.2) is 9.97 Å². The minimum atomic E-state index is -0.421. The number of hydrogen-bond acceptors (Lipinski definition) is 8. The molecule has 172 valence electrons. The van der Waals surface area contributed by atoms with Gasteiger partial charge in [-0.15, -0.1) is 0 Å². The number of phenolic OH excluding ortho intramolecular Hbond substituents is 2. The lowest BCUT2D eigenvalue weighted by Crippen LogP contribution is -2.23. The van der Waals surface area contributed by atoms with Gasteiger partial charge in [-0.1, -0.05) is 17.7 Å². The molecule has 0 spiro atoms. The van der Waals surface area contributed by atoms with Gasteiger partial charge in [0.1, 0.15) is 22.6 Å². The molecular formula is C25H20ClN3O4S. The molecule has 3 heterocycles. The van der Waals surface area contributed by atoms with E-state index in [0.29, 0.717) is 34.3 Å². The third-order valence-electron chi connectivity index (χ3n) is 5.65. The van der Waals surface area contributed by atoms with Gasteiger partial charge in [-0.2, -0.15) is 0 Å². The fourth-order valence-corrected chi connectivity index (χ4v) is 5.03. The summed E-state index contributed by atoms with van der Waals surface area (Å²) in [5, 5.41) is 22.1. The summed E-state index contributed by atoms with van der Waals surface area (Å²) in [5.41, 5.74) is 1.52. The number of halogens is 1. The highest BCUT2D eigenvalue weighted by atomic mass is 35.5. The summed E-state index contributed by atoms with van der Waals surface area (Å²) < 4.78 is 6.15. The summed E-state index contributed by atoms with van der Waals surface area (Å²) >= 11 is 7.93. The first-order valence-electron chi connectivity index (χ1n) is 10.6. The van der Waals surface area contributed by atoms with E-state index in [0.717, 1.165) is 17.0 Å². The van der Waals surface area contributed by atoms with Crippen LogP contribution in [0.2, 0.25) is 5.02 Å². The molecule has 7 nitrogen and oxygen atoms in total. The van der Waals surface area contributed by atoms with Gasteiger partial charge in [-0.05, 0) is 55.1 Å². The highest BCUT2D eigenvalue weighted by Crippen LogP contribution is 2.41. The predicted molar refractivity (Wildman–Crippen MR) is 133 cm³/mol. The van der Waals surface area contributed by atoms with Gasteiger partial charge >= 0.3 is 0 Å². The van der Waals surface area contributed by atoms with Crippen molar-refractivity contribution in [1.29, 1.82) is 0 Å².